The first-order valence-electron chi connectivity index (χ1n) is 6.15. The second kappa shape index (κ2) is 4.86. The molecule has 1 fully saturated rings. The van der Waals surface area contributed by atoms with Gasteiger partial charge in [-0.3, -0.25) is 0 Å². The van der Waals surface area contributed by atoms with E-state index in [2.05, 4.69) is 31.3 Å². The lowest BCUT2D eigenvalue weighted by atomic mass is 9.80. The van der Waals surface area contributed by atoms with Crippen molar-refractivity contribution in [2.24, 2.45) is 5.92 Å². The van der Waals surface area contributed by atoms with E-state index in [9.17, 15) is 5.11 Å². The number of hydrogen-bond acceptors (Lipinski definition) is 3. The fourth-order valence-electron chi connectivity index (χ4n) is 2.33. The van der Waals surface area contributed by atoms with E-state index < -0.39 is 5.60 Å². The maximum atomic E-state index is 10.6. The van der Waals surface area contributed by atoms with Crippen molar-refractivity contribution in [2.45, 2.75) is 38.7 Å². The molecule has 2 unspecified atom stereocenters. The van der Waals surface area contributed by atoms with Crippen molar-refractivity contribution in [3.05, 3.63) is 21.9 Å². The number of aliphatic hydroxyl groups is 1. The third kappa shape index (κ3) is 2.47. The quantitative estimate of drug-likeness (QED) is 0.847. The molecule has 0 radical (unpaired) electrons. The number of nitrogens with one attached hydrogen (secondary N) is 1. The highest BCUT2D eigenvalue weighted by Gasteiger charge is 2.36. The van der Waals surface area contributed by atoms with E-state index in [0.29, 0.717) is 5.92 Å². The molecule has 0 aromatic carbocycles. The zero-order valence-corrected chi connectivity index (χ0v) is 10.9. The Balaban J connectivity index is 2.06. The molecule has 1 aliphatic heterocycles. The number of rotatable bonds is 3. The Bertz CT molecular complexity index is 349. The molecule has 0 bridgehead atoms. The molecular formula is C13H21NOS. The van der Waals surface area contributed by atoms with E-state index in [1.807, 2.05) is 11.3 Å². The first-order chi connectivity index (χ1) is 7.64. The van der Waals surface area contributed by atoms with E-state index in [4.69, 9.17) is 0 Å². The topological polar surface area (TPSA) is 32.3 Å². The molecule has 90 valence electrons. The van der Waals surface area contributed by atoms with Gasteiger partial charge in [0, 0.05) is 22.7 Å². The highest BCUT2D eigenvalue weighted by Crippen LogP contribution is 2.30. The Morgan fingerprint density at radius 1 is 1.50 bits per heavy atom. The van der Waals surface area contributed by atoms with Crippen molar-refractivity contribution in [3.8, 4) is 0 Å². The molecule has 0 spiro atoms. The fraction of sp³-hybridized carbons (Fsp3) is 0.692. The van der Waals surface area contributed by atoms with E-state index >= 15 is 0 Å². The molecule has 16 heavy (non-hydrogen) atoms. The largest absolute Gasteiger partial charge is 0.389 e. The van der Waals surface area contributed by atoms with Gasteiger partial charge >= 0.3 is 0 Å². The van der Waals surface area contributed by atoms with Gasteiger partial charge in [0.1, 0.15) is 0 Å². The Hall–Kier alpha value is -0.380. The maximum Gasteiger partial charge on any atom is 0.0745 e. The second-order valence-electron chi connectivity index (χ2n) is 4.86. The summed E-state index contributed by atoms with van der Waals surface area (Å²) in [4.78, 5) is 2.74. The minimum Gasteiger partial charge on any atom is -0.389 e. The van der Waals surface area contributed by atoms with Crippen LogP contribution in [0.3, 0.4) is 0 Å². The van der Waals surface area contributed by atoms with Gasteiger partial charge in [0.15, 0.2) is 0 Å². The van der Waals surface area contributed by atoms with E-state index in [1.54, 1.807) is 0 Å². The van der Waals surface area contributed by atoms with E-state index in [-0.39, 0.29) is 0 Å². The Labute approximate surface area is 102 Å². The first-order valence-corrected chi connectivity index (χ1v) is 6.96. The number of thiophene rings is 1. The smallest absolute Gasteiger partial charge is 0.0745 e. The van der Waals surface area contributed by atoms with Crippen molar-refractivity contribution in [1.82, 2.24) is 5.32 Å². The molecule has 0 aliphatic carbocycles. The molecule has 1 aliphatic rings. The molecule has 0 amide bonds. The predicted octanol–water partition coefficient (Wildman–Crippen LogP) is 2.21. The summed E-state index contributed by atoms with van der Waals surface area (Å²) in [5.41, 5.74) is -0.499. The van der Waals surface area contributed by atoms with Crippen molar-refractivity contribution in [1.29, 1.82) is 0 Å². The standard InChI is InChI=1S/C13H21NOS/c1-3-11-4-5-12(16-11)8-13(15)6-7-14-9-10(13)2/h4-5,10,14-15H,3,6-9H2,1-2H3. The van der Waals surface area contributed by atoms with Crippen LogP contribution in [0.25, 0.3) is 0 Å². The van der Waals surface area contributed by atoms with Gasteiger partial charge in [0.25, 0.3) is 0 Å². The molecule has 1 saturated heterocycles. The van der Waals surface area contributed by atoms with Crippen LogP contribution in [0.15, 0.2) is 12.1 Å². The van der Waals surface area contributed by atoms with Crippen molar-refractivity contribution in [2.75, 3.05) is 13.1 Å². The Morgan fingerprint density at radius 2 is 2.25 bits per heavy atom. The molecule has 2 heterocycles. The van der Waals surface area contributed by atoms with Gasteiger partial charge in [-0.25, -0.2) is 0 Å². The molecular weight excluding hydrogens is 218 g/mol. The summed E-state index contributed by atoms with van der Waals surface area (Å²) in [6.45, 7) is 6.19. The lowest BCUT2D eigenvalue weighted by molar-refractivity contribution is -0.0323. The molecule has 1 aromatic heterocycles. The zero-order chi connectivity index (χ0) is 11.6. The maximum absolute atomic E-state index is 10.6. The molecule has 2 atom stereocenters. The van der Waals surface area contributed by atoms with Crippen LogP contribution in [-0.2, 0) is 12.8 Å². The Kier molecular flexibility index (Phi) is 3.67. The monoisotopic (exact) mass is 239 g/mol. The minimum atomic E-state index is -0.499. The van der Waals surface area contributed by atoms with Crippen LogP contribution in [0.5, 0.6) is 0 Å². The second-order valence-corrected chi connectivity index (χ2v) is 6.11. The van der Waals surface area contributed by atoms with Gasteiger partial charge in [-0.1, -0.05) is 13.8 Å². The zero-order valence-electron chi connectivity index (χ0n) is 10.1. The molecule has 0 saturated carbocycles. The first kappa shape index (κ1) is 12.1. The van der Waals surface area contributed by atoms with Crippen LogP contribution in [0.4, 0.5) is 0 Å². The van der Waals surface area contributed by atoms with Gasteiger partial charge in [0.2, 0.25) is 0 Å². The molecule has 2 N–H and O–H groups in total. The lowest BCUT2D eigenvalue weighted by Gasteiger charge is -2.38. The normalized spacial score (nSPS) is 30.6. The summed E-state index contributed by atoms with van der Waals surface area (Å²) in [6, 6.07) is 4.37. The average molecular weight is 239 g/mol. The van der Waals surface area contributed by atoms with Gasteiger partial charge in [-0.05, 0) is 37.4 Å². The van der Waals surface area contributed by atoms with Crippen LogP contribution in [0.2, 0.25) is 0 Å². The van der Waals surface area contributed by atoms with Gasteiger partial charge in [0.05, 0.1) is 5.60 Å². The summed E-state index contributed by atoms with van der Waals surface area (Å²) >= 11 is 1.85. The van der Waals surface area contributed by atoms with Gasteiger partial charge in [-0.15, -0.1) is 11.3 Å². The van der Waals surface area contributed by atoms with Gasteiger partial charge in [-0.2, -0.15) is 0 Å². The lowest BCUT2D eigenvalue weighted by Crippen LogP contribution is -2.50. The highest BCUT2D eigenvalue weighted by molar-refractivity contribution is 7.12. The summed E-state index contributed by atoms with van der Waals surface area (Å²) in [7, 11) is 0. The highest BCUT2D eigenvalue weighted by atomic mass is 32.1. The average Bonchev–Trinajstić information content (AvgIpc) is 2.70. The summed E-state index contributed by atoms with van der Waals surface area (Å²) in [6.07, 6.45) is 2.79. The van der Waals surface area contributed by atoms with Crippen molar-refractivity contribution >= 4 is 11.3 Å². The number of hydrogen-bond donors (Lipinski definition) is 2. The predicted molar refractivity (Wildman–Crippen MR) is 69.0 cm³/mol. The number of piperidine rings is 1. The fourth-order valence-corrected chi connectivity index (χ4v) is 3.41. The Morgan fingerprint density at radius 3 is 2.88 bits per heavy atom. The van der Waals surface area contributed by atoms with Crippen LogP contribution < -0.4 is 5.32 Å². The molecule has 3 heteroatoms. The minimum absolute atomic E-state index is 0.341. The van der Waals surface area contributed by atoms with Crippen LogP contribution in [0.1, 0.15) is 30.0 Å². The van der Waals surface area contributed by atoms with Crippen LogP contribution >= 0.6 is 11.3 Å². The van der Waals surface area contributed by atoms with Crippen LogP contribution in [-0.4, -0.2) is 23.8 Å². The third-order valence-corrected chi connectivity index (χ3v) is 4.88. The SMILES string of the molecule is CCc1ccc(CC2(O)CCNCC2C)s1. The van der Waals surface area contributed by atoms with E-state index in [1.165, 1.54) is 9.75 Å². The molecule has 1 aromatic rings. The van der Waals surface area contributed by atoms with Gasteiger partial charge < -0.3 is 10.4 Å². The summed E-state index contributed by atoms with van der Waals surface area (Å²) < 4.78 is 0. The van der Waals surface area contributed by atoms with Crippen LogP contribution in [0, 0.1) is 5.92 Å². The van der Waals surface area contributed by atoms with E-state index in [0.717, 1.165) is 32.4 Å². The molecule has 2 nitrogen and oxygen atoms in total. The third-order valence-electron chi connectivity index (χ3n) is 3.65. The number of aryl methyl sites for hydroxylation is 1. The summed E-state index contributed by atoms with van der Waals surface area (Å²) in [5, 5.41) is 14.0. The van der Waals surface area contributed by atoms with Crippen molar-refractivity contribution < 1.29 is 5.11 Å². The summed E-state index contributed by atoms with van der Waals surface area (Å²) in [5.74, 6) is 0.341. The molecule has 2 rings (SSSR count). The van der Waals surface area contributed by atoms with Crippen molar-refractivity contribution in [3.63, 3.8) is 0 Å².